The Morgan fingerprint density at radius 3 is 2.63 bits per heavy atom. The summed E-state index contributed by atoms with van der Waals surface area (Å²) in [5.74, 6) is 0.793. The van der Waals surface area contributed by atoms with E-state index in [2.05, 4.69) is 33.0 Å². The number of piperidine rings is 2. The molecule has 1 aromatic rings. The van der Waals surface area contributed by atoms with Crippen molar-refractivity contribution in [3.63, 3.8) is 0 Å². The van der Waals surface area contributed by atoms with Gasteiger partial charge in [-0.25, -0.2) is 0 Å². The molecule has 5 nitrogen and oxygen atoms in total. The number of rotatable bonds is 7. The standard InChI is InChI=1S/C19H31N3O2S.2ClH/c1-24-15-19(6-8-20-9-7-19)18(23)21-13-16-4-10-22(11-5-16)14-17-3-2-12-25-17;;/h2-3,12,16,20H,4-11,13-15H2,1H3,(H,21,23);2*1H. The molecule has 2 saturated heterocycles. The molecule has 0 saturated carbocycles. The van der Waals surface area contributed by atoms with E-state index in [9.17, 15) is 4.79 Å². The highest BCUT2D eigenvalue weighted by molar-refractivity contribution is 7.09. The highest BCUT2D eigenvalue weighted by atomic mass is 35.5. The average Bonchev–Trinajstić information content (AvgIpc) is 3.15. The summed E-state index contributed by atoms with van der Waals surface area (Å²) in [4.78, 5) is 16.8. The van der Waals surface area contributed by atoms with Gasteiger partial charge in [0.1, 0.15) is 0 Å². The molecular formula is C19H33Cl2N3O2S. The molecule has 0 aromatic carbocycles. The van der Waals surface area contributed by atoms with E-state index in [0.717, 1.165) is 52.1 Å². The molecule has 2 N–H and O–H groups in total. The molecule has 2 aliphatic rings. The second-order valence-corrected chi connectivity index (χ2v) is 8.50. The van der Waals surface area contributed by atoms with Crippen LogP contribution in [0.2, 0.25) is 0 Å². The van der Waals surface area contributed by atoms with Crippen LogP contribution in [0.25, 0.3) is 0 Å². The van der Waals surface area contributed by atoms with Crippen LogP contribution in [0.15, 0.2) is 17.5 Å². The van der Waals surface area contributed by atoms with Crippen LogP contribution >= 0.6 is 36.2 Å². The maximum Gasteiger partial charge on any atom is 0.228 e. The third-order valence-corrected chi connectivity index (χ3v) is 6.54. The smallest absolute Gasteiger partial charge is 0.228 e. The van der Waals surface area contributed by atoms with Crippen LogP contribution in [-0.2, 0) is 16.1 Å². The first kappa shape index (κ1) is 24.7. The lowest BCUT2D eigenvalue weighted by Crippen LogP contribution is -2.51. The van der Waals surface area contributed by atoms with Gasteiger partial charge in [0.2, 0.25) is 5.91 Å². The maximum absolute atomic E-state index is 12.8. The molecule has 2 aliphatic heterocycles. The summed E-state index contributed by atoms with van der Waals surface area (Å²) in [5.41, 5.74) is -0.333. The average molecular weight is 438 g/mol. The Bertz CT molecular complexity index is 526. The Balaban J connectivity index is 0.00000182. The Hall–Kier alpha value is -0.370. The molecule has 1 aromatic heterocycles. The van der Waals surface area contributed by atoms with Gasteiger partial charge in [-0.15, -0.1) is 36.2 Å². The number of halogens is 2. The summed E-state index contributed by atoms with van der Waals surface area (Å²) < 4.78 is 5.37. The quantitative estimate of drug-likeness (QED) is 0.688. The van der Waals surface area contributed by atoms with E-state index >= 15 is 0 Å². The van der Waals surface area contributed by atoms with Crippen LogP contribution in [0.4, 0.5) is 0 Å². The number of carbonyl (C=O) groups is 1. The topological polar surface area (TPSA) is 53.6 Å². The van der Waals surface area contributed by atoms with Crippen molar-refractivity contribution < 1.29 is 9.53 Å². The predicted octanol–water partition coefficient (Wildman–Crippen LogP) is 2.94. The third kappa shape index (κ3) is 6.87. The zero-order valence-corrected chi connectivity index (χ0v) is 18.5. The fourth-order valence-electron chi connectivity index (χ4n) is 4.01. The first-order valence-corrected chi connectivity index (χ1v) is 10.3. The molecule has 3 rings (SSSR count). The fraction of sp³-hybridized carbons (Fsp3) is 0.737. The summed E-state index contributed by atoms with van der Waals surface area (Å²) in [5, 5.41) is 8.73. The normalized spacial score (nSPS) is 20.3. The van der Waals surface area contributed by atoms with Gasteiger partial charge in [0.15, 0.2) is 0 Å². The largest absolute Gasteiger partial charge is 0.384 e. The van der Waals surface area contributed by atoms with Gasteiger partial charge in [-0.2, -0.15) is 0 Å². The predicted molar refractivity (Wildman–Crippen MR) is 116 cm³/mol. The van der Waals surface area contributed by atoms with E-state index in [0.29, 0.717) is 12.5 Å². The van der Waals surface area contributed by atoms with Crippen molar-refractivity contribution in [2.24, 2.45) is 11.3 Å². The maximum atomic E-state index is 12.8. The molecule has 0 bridgehead atoms. The van der Waals surface area contributed by atoms with Gasteiger partial charge in [0, 0.05) is 25.1 Å². The highest BCUT2D eigenvalue weighted by Gasteiger charge is 2.39. The van der Waals surface area contributed by atoms with Crippen LogP contribution in [0.1, 0.15) is 30.6 Å². The number of carbonyl (C=O) groups excluding carboxylic acids is 1. The molecule has 0 unspecified atom stereocenters. The molecule has 2 fully saturated rings. The summed E-state index contributed by atoms with van der Waals surface area (Å²) in [6.07, 6.45) is 4.08. The third-order valence-electron chi connectivity index (χ3n) is 5.68. The molecule has 1 amide bonds. The van der Waals surface area contributed by atoms with Crippen molar-refractivity contribution in [3.8, 4) is 0 Å². The molecule has 3 heterocycles. The van der Waals surface area contributed by atoms with Crippen molar-refractivity contribution in [2.45, 2.75) is 32.2 Å². The number of likely N-dealkylation sites (tertiary alicyclic amines) is 1. The fourth-order valence-corrected chi connectivity index (χ4v) is 4.76. The van der Waals surface area contributed by atoms with E-state index in [1.807, 2.05) is 11.3 Å². The molecule has 0 radical (unpaired) electrons. The summed E-state index contributed by atoms with van der Waals surface area (Å²) in [6, 6.07) is 4.34. The van der Waals surface area contributed by atoms with Crippen LogP contribution < -0.4 is 10.6 Å². The van der Waals surface area contributed by atoms with Crippen molar-refractivity contribution >= 4 is 42.1 Å². The number of nitrogens with zero attached hydrogens (tertiary/aromatic N) is 1. The minimum absolute atomic E-state index is 0. The molecule has 27 heavy (non-hydrogen) atoms. The highest BCUT2D eigenvalue weighted by Crippen LogP contribution is 2.29. The van der Waals surface area contributed by atoms with Crippen LogP contribution in [-0.4, -0.2) is 57.2 Å². The monoisotopic (exact) mass is 437 g/mol. The molecule has 156 valence electrons. The van der Waals surface area contributed by atoms with E-state index < -0.39 is 0 Å². The Kier molecular flexibility index (Phi) is 11.2. The van der Waals surface area contributed by atoms with Gasteiger partial charge in [0.05, 0.1) is 12.0 Å². The SMILES string of the molecule is COCC1(C(=O)NCC2CCN(Cc3cccs3)CC2)CCNCC1.Cl.Cl. The second kappa shape index (κ2) is 12.2. The van der Waals surface area contributed by atoms with E-state index in [1.54, 1.807) is 7.11 Å². The number of amides is 1. The van der Waals surface area contributed by atoms with E-state index in [-0.39, 0.29) is 36.1 Å². The van der Waals surface area contributed by atoms with Gasteiger partial charge >= 0.3 is 0 Å². The first-order valence-electron chi connectivity index (χ1n) is 9.44. The Morgan fingerprint density at radius 2 is 2.04 bits per heavy atom. The van der Waals surface area contributed by atoms with Crippen molar-refractivity contribution in [1.82, 2.24) is 15.5 Å². The minimum Gasteiger partial charge on any atom is -0.384 e. The number of ether oxygens (including phenoxy) is 1. The molecule has 8 heteroatoms. The van der Waals surface area contributed by atoms with Crippen LogP contribution in [0.5, 0.6) is 0 Å². The lowest BCUT2D eigenvalue weighted by molar-refractivity contribution is -0.136. The second-order valence-electron chi connectivity index (χ2n) is 7.47. The number of nitrogens with one attached hydrogen (secondary N) is 2. The van der Waals surface area contributed by atoms with Crippen LogP contribution in [0, 0.1) is 11.3 Å². The van der Waals surface area contributed by atoms with Crippen molar-refractivity contribution in [1.29, 1.82) is 0 Å². The summed E-state index contributed by atoms with van der Waals surface area (Å²) in [6.45, 7) is 6.47. The molecule has 0 spiro atoms. The number of hydrogen-bond donors (Lipinski definition) is 2. The molecule has 0 aliphatic carbocycles. The lowest BCUT2D eigenvalue weighted by Gasteiger charge is -2.37. The first-order chi connectivity index (χ1) is 12.2. The zero-order valence-electron chi connectivity index (χ0n) is 16.1. The van der Waals surface area contributed by atoms with Crippen molar-refractivity contribution in [2.75, 3.05) is 46.4 Å². The Morgan fingerprint density at radius 1 is 1.33 bits per heavy atom. The van der Waals surface area contributed by atoms with Gasteiger partial charge < -0.3 is 15.4 Å². The Labute approximate surface area is 179 Å². The zero-order chi connectivity index (χ0) is 17.5. The van der Waals surface area contributed by atoms with E-state index in [4.69, 9.17) is 4.74 Å². The van der Waals surface area contributed by atoms with Crippen LogP contribution in [0.3, 0.4) is 0 Å². The van der Waals surface area contributed by atoms with E-state index in [1.165, 1.54) is 17.7 Å². The molecule has 0 atom stereocenters. The summed E-state index contributed by atoms with van der Waals surface area (Å²) in [7, 11) is 1.69. The lowest BCUT2D eigenvalue weighted by atomic mass is 9.78. The number of methoxy groups -OCH3 is 1. The van der Waals surface area contributed by atoms with Crippen molar-refractivity contribution in [3.05, 3.63) is 22.4 Å². The number of thiophene rings is 1. The number of hydrogen-bond acceptors (Lipinski definition) is 5. The van der Waals surface area contributed by atoms with Gasteiger partial charge in [-0.05, 0) is 69.2 Å². The molecular weight excluding hydrogens is 405 g/mol. The van der Waals surface area contributed by atoms with Gasteiger partial charge in [0.25, 0.3) is 0 Å². The van der Waals surface area contributed by atoms with Gasteiger partial charge in [-0.3, -0.25) is 9.69 Å². The van der Waals surface area contributed by atoms with Gasteiger partial charge in [-0.1, -0.05) is 6.07 Å². The minimum atomic E-state index is -0.333. The summed E-state index contributed by atoms with van der Waals surface area (Å²) >= 11 is 1.84.